The third-order valence-electron chi connectivity index (χ3n) is 3.45. The maximum atomic E-state index is 5.97. The smallest absolute Gasteiger partial charge is 0.137 e. The number of benzene rings is 1. The summed E-state index contributed by atoms with van der Waals surface area (Å²) in [5.41, 5.74) is 3.42. The number of furan rings is 1. The van der Waals surface area contributed by atoms with Gasteiger partial charge in [0.25, 0.3) is 0 Å². The van der Waals surface area contributed by atoms with Crippen LogP contribution in [0.15, 0.2) is 34.8 Å². The lowest BCUT2D eigenvalue weighted by molar-refractivity contribution is 0.556. The summed E-state index contributed by atoms with van der Waals surface area (Å²) in [7, 11) is 0. The van der Waals surface area contributed by atoms with Crippen LogP contribution in [0.3, 0.4) is 0 Å². The predicted molar refractivity (Wildman–Crippen MR) is 86.9 cm³/mol. The van der Waals surface area contributed by atoms with Crippen LogP contribution in [0.5, 0.6) is 0 Å². The van der Waals surface area contributed by atoms with E-state index in [4.69, 9.17) is 4.42 Å². The van der Waals surface area contributed by atoms with E-state index in [9.17, 15) is 0 Å². The van der Waals surface area contributed by atoms with Gasteiger partial charge in [-0.15, -0.1) is 0 Å². The molecular weight excluding hydrogens is 246 g/mol. The summed E-state index contributed by atoms with van der Waals surface area (Å²) in [5.74, 6) is 1.69. The average Bonchev–Trinajstić information content (AvgIpc) is 2.83. The lowest BCUT2D eigenvalue weighted by Gasteiger charge is -2.05. The Bertz CT molecular complexity index is 592. The topological polar surface area (TPSA) is 25.2 Å². The van der Waals surface area contributed by atoms with Crippen LogP contribution in [0.25, 0.3) is 16.5 Å². The third kappa shape index (κ3) is 3.73. The molecule has 1 N–H and O–H groups in total. The molecule has 1 heterocycles. The van der Waals surface area contributed by atoms with Crippen molar-refractivity contribution in [3.05, 3.63) is 41.7 Å². The van der Waals surface area contributed by atoms with E-state index in [0.29, 0.717) is 5.92 Å². The molecule has 2 rings (SSSR count). The Morgan fingerprint density at radius 2 is 2.15 bits per heavy atom. The number of allylic oxidation sites excluding steroid dienone is 1. The fraction of sp³-hybridized carbons (Fsp3) is 0.444. The van der Waals surface area contributed by atoms with E-state index in [-0.39, 0.29) is 0 Å². The Labute approximate surface area is 121 Å². The molecule has 0 atom stereocenters. The van der Waals surface area contributed by atoms with Crippen molar-refractivity contribution < 1.29 is 4.42 Å². The van der Waals surface area contributed by atoms with Gasteiger partial charge >= 0.3 is 0 Å². The Balaban J connectivity index is 2.00. The second-order valence-corrected chi connectivity index (χ2v) is 5.88. The predicted octanol–water partition coefficient (Wildman–Crippen LogP) is 4.78. The van der Waals surface area contributed by atoms with E-state index in [0.717, 1.165) is 30.9 Å². The summed E-state index contributed by atoms with van der Waals surface area (Å²) >= 11 is 0. The van der Waals surface area contributed by atoms with Gasteiger partial charge < -0.3 is 9.73 Å². The summed E-state index contributed by atoms with van der Waals surface area (Å²) in [6.45, 7) is 10.8. The number of aryl methyl sites for hydroxylation is 1. The normalized spacial score (nSPS) is 12.6. The molecule has 0 aliphatic carbocycles. The molecule has 0 radical (unpaired) electrons. The molecule has 0 saturated heterocycles. The molecule has 1 aromatic heterocycles. The maximum Gasteiger partial charge on any atom is 0.137 e. The minimum absolute atomic E-state index is 0.707. The molecule has 2 aromatic rings. The van der Waals surface area contributed by atoms with Crippen LogP contribution in [0.4, 0.5) is 0 Å². The number of nitrogens with one attached hydrogen (secondary N) is 1. The van der Waals surface area contributed by atoms with Crippen LogP contribution in [-0.4, -0.2) is 13.1 Å². The van der Waals surface area contributed by atoms with Gasteiger partial charge in [0, 0.05) is 5.39 Å². The molecule has 0 bridgehead atoms. The summed E-state index contributed by atoms with van der Waals surface area (Å²) in [5, 5.41) is 4.64. The summed E-state index contributed by atoms with van der Waals surface area (Å²) in [4.78, 5) is 0. The van der Waals surface area contributed by atoms with Crippen molar-refractivity contribution in [3.63, 3.8) is 0 Å². The first-order valence-electron chi connectivity index (χ1n) is 7.45. The Morgan fingerprint density at radius 1 is 1.35 bits per heavy atom. The van der Waals surface area contributed by atoms with Crippen LogP contribution in [0.1, 0.15) is 38.5 Å². The molecule has 0 fully saturated rings. The standard InChI is InChI=1S/C18H25NO/c1-13(2)12-19-10-6-8-14(3)17-11-16-9-5-7-15(4)18(16)20-17/h5,7-9,11,13,19H,6,10,12H2,1-4H3/b14-8-. The van der Waals surface area contributed by atoms with Gasteiger partial charge in [0.15, 0.2) is 0 Å². The summed E-state index contributed by atoms with van der Waals surface area (Å²) in [6.07, 6.45) is 3.29. The first-order valence-corrected chi connectivity index (χ1v) is 7.45. The van der Waals surface area contributed by atoms with Gasteiger partial charge in [0.2, 0.25) is 0 Å². The molecule has 0 aliphatic heterocycles. The van der Waals surface area contributed by atoms with Gasteiger partial charge in [0.1, 0.15) is 11.3 Å². The minimum Gasteiger partial charge on any atom is -0.456 e. The number of rotatable bonds is 6. The minimum atomic E-state index is 0.707. The van der Waals surface area contributed by atoms with E-state index in [2.05, 4.69) is 63.4 Å². The summed E-state index contributed by atoms with van der Waals surface area (Å²) in [6, 6.07) is 8.40. The van der Waals surface area contributed by atoms with Gasteiger partial charge in [-0.3, -0.25) is 0 Å². The number of hydrogen-bond donors (Lipinski definition) is 1. The second kappa shape index (κ2) is 6.76. The molecule has 0 spiro atoms. The number of para-hydroxylation sites is 1. The van der Waals surface area contributed by atoms with Crippen LogP contribution >= 0.6 is 0 Å². The third-order valence-corrected chi connectivity index (χ3v) is 3.45. The molecule has 0 aliphatic rings. The van der Waals surface area contributed by atoms with Gasteiger partial charge in [-0.2, -0.15) is 0 Å². The van der Waals surface area contributed by atoms with Crippen molar-refractivity contribution in [2.24, 2.45) is 5.92 Å². The fourth-order valence-electron chi connectivity index (χ4n) is 2.29. The molecule has 0 saturated carbocycles. The monoisotopic (exact) mass is 271 g/mol. The molecule has 1 aromatic carbocycles. The van der Waals surface area contributed by atoms with Crippen LogP contribution in [0, 0.1) is 12.8 Å². The maximum absolute atomic E-state index is 5.97. The van der Waals surface area contributed by atoms with Crippen molar-refractivity contribution >= 4 is 16.5 Å². The average molecular weight is 271 g/mol. The Kier molecular flexibility index (Phi) is 5.02. The highest BCUT2D eigenvalue weighted by Crippen LogP contribution is 2.26. The first kappa shape index (κ1) is 14.9. The molecule has 108 valence electrons. The van der Waals surface area contributed by atoms with Crippen molar-refractivity contribution in [3.8, 4) is 0 Å². The highest BCUT2D eigenvalue weighted by molar-refractivity contribution is 5.84. The van der Waals surface area contributed by atoms with Crippen molar-refractivity contribution in [1.29, 1.82) is 0 Å². The fourth-order valence-corrected chi connectivity index (χ4v) is 2.29. The molecular formula is C18H25NO. The quantitative estimate of drug-likeness (QED) is 0.765. The lowest BCUT2D eigenvalue weighted by atomic mass is 10.1. The van der Waals surface area contributed by atoms with Crippen molar-refractivity contribution in [1.82, 2.24) is 5.32 Å². The highest BCUT2D eigenvalue weighted by Gasteiger charge is 2.06. The molecule has 0 amide bonds. The zero-order chi connectivity index (χ0) is 14.5. The van der Waals surface area contributed by atoms with Crippen molar-refractivity contribution in [2.45, 2.75) is 34.1 Å². The molecule has 2 nitrogen and oxygen atoms in total. The van der Waals surface area contributed by atoms with E-state index >= 15 is 0 Å². The number of hydrogen-bond acceptors (Lipinski definition) is 2. The largest absolute Gasteiger partial charge is 0.456 e. The zero-order valence-electron chi connectivity index (χ0n) is 13.0. The Morgan fingerprint density at radius 3 is 2.85 bits per heavy atom. The lowest BCUT2D eigenvalue weighted by Crippen LogP contribution is -2.20. The summed E-state index contributed by atoms with van der Waals surface area (Å²) < 4.78 is 5.97. The van der Waals surface area contributed by atoms with Gasteiger partial charge in [-0.05, 0) is 56.5 Å². The van der Waals surface area contributed by atoms with Crippen LogP contribution in [0.2, 0.25) is 0 Å². The van der Waals surface area contributed by atoms with E-state index in [1.54, 1.807) is 0 Å². The SMILES string of the molecule is C/C(=C/CCNCC(C)C)c1cc2cccc(C)c2o1. The first-order chi connectivity index (χ1) is 9.58. The molecule has 20 heavy (non-hydrogen) atoms. The van der Waals surface area contributed by atoms with Gasteiger partial charge in [0.05, 0.1) is 0 Å². The molecule has 2 heteroatoms. The van der Waals surface area contributed by atoms with Gasteiger partial charge in [-0.1, -0.05) is 38.1 Å². The van der Waals surface area contributed by atoms with Crippen molar-refractivity contribution in [2.75, 3.05) is 13.1 Å². The van der Waals surface area contributed by atoms with Gasteiger partial charge in [-0.25, -0.2) is 0 Å². The zero-order valence-corrected chi connectivity index (χ0v) is 13.0. The van der Waals surface area contributed by atoms with E-state index in [1.165, 1.54) is 16.5 Å². The highest BCUT2D eigenvalue weighted by atomic mass is 16.3. The van der Waals surface area contributed by atoms with Crippen LogP contribution < -0.4 is 5.32 Å². The van der Waals surface area contributed by atoms with Crippen LogP contribution in [-0.2, 0) is 0 Å². The van der Waals surface area contributed by atoms with E-state index in [1.807, 2.05) is 0 Å². The van der Waals surface area contributed by atoms with E-state index < -0.39 is 0 Å². The number of fused-ring (bicyclic) bond motifs is 1. The Hall–Kier alpha value is -1.54. The second-order valence-electron chi connectivity index (χ2n) is 5.88. The molecule has 0 unspecified atom stereocenters.